The Labute approximate surface area is 98.7 Å². The highest BCUT2D eigenvalue weighted by atomic mass is 32.1. The van der Waals surface area contributed by atoms with E-state index in [1.54, 1.807) is 17.4 Å². The van der Waals surface area contributed by atoms with E-state index in [0.717, 1.165) is 16.0 Å². The number of nitrogens with two attached hydrogens (primary N) is 1. The second kappa shape index (κ2) is 4.36. The highest BCUT2D eigenvalue weighted by Gasteiger charge is 2.16. The molecule has 2 aromatic rings. The predicted octanol–water partition coefficient (Wildman–Crippen LogP) is 3.55. The van der Waals surface area contributed by atoms with E-state index >= 15 is 0 Å². The molecule has 1 unspecified atom stereocenters. The third-order valence-electron chi connectivity index (χ3n) is 2.68. The number of hydrogen-bond donors (Lipinski definition) is 1. The minimum atomic E-state index is -0.361. The first-order valence-corrected chi connectivity index (χ1v) is 6.03. The molecule has 1 atom stereocenters. The largest absolute Gasteiger partial charge is 0.320 e. The van der Waals surface area contributed by atoms with Gasteiger partial charge in [0.25, 0.3) is 0 Å². The molecule has 0 bridgehead atoms. The van der Waals surface area contributed by atoms with Gasteiger partial charge in [0.05, 0.1) is 6.04 Å². The van der Waals surface area contributed by atoms with Gasteiger partial charge in [-0.05, 0) is 42.5 Å². The molecule has 3 heteroatoms. The summed E-state index contributed by atoms with van der Waals surface area (Å²) in [6, 6.07) is 6.83. The molecular weight excluding hydrogens is 221 g/mol. The molecule has 1 aromatic heterocycles. The average Bonchev–Trinajstić information content (AvgIpc) is 2.63. The van der Waals surface area contributed by atoms with Crippen molar-refractivity contribution in [2.24, 2.45) is 5.73 Å². The molecule has 16 heavy (non-hydrogen) atoms. The molecule has 2 N–H and O–H groups in total. The van der Waals surface area contributed by atoms with Gasteiger partial charge < -0.3 is 5.73 Å². The molecule has 2 rings (SSSR count). The molecular formula is C13H14FNS. The van der Waals surface area contributed by atoms with Gasteiger partial charge in [-0.1, -0.05) is 12.1 Å². The van der Waals surface area contributed by atoms with Crippen molar-refractivity contribution in [3.8, 4) is 0 Å². The summed E-state index contributed by atoms with van der Waals surface area (Å²) in [5.74, 6) is -0.222. The van der Waals surface area contributed by atoms with Crippen LogP contribution in [0.2, 0.25) is 0 Å². The van der Waals surface area contributed by atoms with E-state index in [-0.39, 0.29) is 11.9 Å². The van der Waals surface area contributed by atoms with Crippen LogP contribution < -0.4 is 5.73 Å². The topological polar surface area (TPSA) is 26.0 Å². The summed E-state index contributed by atoms with van der Waals surface area (Å²) >= 11 is 1.57. The molecule has 0 radical (unpaired) electrons. The van der Waals surface area contributed by atoms with E-state index in [9.17, 15) is 4.39 Å². The van der Waals surface area contributed by atoms with Crippen LogP contribution in [-0.4, -0.2) is 0 Å². The van der Waals surface area contributed by atoms with E-state index in [1.165, 1.54) is 6.07 Å². The number of halogens is 1. The monoisotopic (exact) mass is 235 g/mol. The SMILES string of the molecule is Cc1ccc(C(N)c2sccc2C)c(F)c1. The minimum absolute atomic E-state index is 0.222. The predicted molar refractivity (Wildman–Crippen MR) is 66.2 cm³/mol. The Morgan fingerprint density at radius 3 is 2.56 bits per heavy atom. The van der Waals surface area contributed by atoms with Crippen molar-refractivity contribution in [2.45, 2.75) is 19.9 Å². The van der Waals surface area contributed by atoms with Gasteiger partial charge in [0.2, 0.25) is 0 Å². The lowest BCUT2D eigenvalue weighted by molar-refractivity contribution is 0.599. The van der Waals surface area contributed by atoms with Gasteiger partial charge in [-0.2, -0.15) is 0 Å². The lowest BCUT2D eigenvalue weighted by Gasteiger charge is -2.13. The van der Waals surface area contributed by atoms with Gasteiger partial charge >= 0.3 is 0 Å². The standard InChI is InChI=1S/C13H14FNS/c1-8-3-4-10(11(14)7-8)12(15)13-9(2)5-6-16-13/h3-7,12H,15H2,1-2H3. The first kappa shape index (κ1) is 11.3. The summed E-state index contributed by atoms with van der Waals surface area (Å²) in [5.41, 5.74) is 8.68. The Hall–Kier alpha value is -1.19. The average molecular weight is 235 g/mol. The molecule has 0 fully saturated rings. The van der Waals surface area contributed by atoms with E-state index in [4.69, 9.17) is 5.73 Å². The zero-order chi connectivity index (χ0) is 11.7. The number of aryl methyl sites for hydroxylation is 2. The molecule has 1 aromatic carbocycles. The number of rotatable bonds is 2. The third-order valence-corrected chi connectivity index (χ3v) is 3.78. The number of benzene rings is 1. The molecule has 1 heterocycles. The van der Waals surface area contributed by atoms with Crippen LogP contribution in [0.1, 0.15) is 27.6 Å². The zero-order valence-corrected chi connectivity index (χ0v) is 10.1. The van der Waals surface area contributed by atoms with Crippen LogP contribution in [0.5, 0.6) is 0 Å². The summed E-state index contributed by atoms with van der Waals surface area (Å²) in [5, 5.41) is 1.98. The van der Waals surface area contributed by atoms with Crippen LogP contribution in [0.4, 0.5) is 4.39 Å². The number of thiophene rings is 1. The van der Waals surface area contributed by atoms with Gasteiger partial charge in [0.1, 0.15) is 5.82 Å². The smallest absolute Gasteiger partial charge is 0.128 e. The Morgan fingerprint density at radius 2 is 2.00 bits per heavy atom. The summed E-state index contributed by atoms with van der Waals surface area (Å²) in [6.45, 7) is 3.87. The second-order valence-electron chi connectivity index (χ2n) is 3.97. The number of hydrogen-bond acceptors (Lipinski definition) is 2. The van der Waals surface area contributed by atoms with E-state index in [2.05, 4.69) is 0 Å². The lowest BCUT2D eigenvalue weighted by Crippen LogP contribution is -2.13. The Balaban J connectivity index is 2.41. The van der Waals surface area contributed by atoms with Crippen LogP contribution in [-0.2, 0) is 0 Å². The van der Waals surface area contributed by atoms with Gasteiger partial charge in [0.15, 0.2) is 0 Å². The van der Waals surface area contributed by atoms with Crippen LogP contribution in [0.3, 0.4) is 0 Å². The Morgan fingerprint density at radius 1 is 1.25 bits per heavy atom. The van der Waals surface area contributed by atoms with Gasteiger partial charge in [-0.25, -0.2) is 4.39 Å². The maximum atomic E-state index is 13.7. The normalized spacial score (nSPS) is 12.8. The molecule has 0 aliphatic carbocycles. The third kappa shape index (κ3) is 2.01. The van der Waals surface area contributed by atoms with Crippen molar-refractivity contribution in [3.63, 3.8) is 0 Å². The fraction of sp³-hybridized carbons (Fsp3) is 0.231. The summed E-state index contributed by atoms with van der Waals surface area (Å²) in [4.78, 5) is 1.03. The zero-order valence-electron chi connectivity index (χ0n) is 9.33. The summed E-state index contributed by atoms with van der Waals surface area (Å²) < 4.78 is 13.7. The van der Waals surface area contributed by atoms with Crippen molar-refractivity contribution < 1.29 is 4.39 Å². The van der Waals surface area contributed by atoms with Crippen molar-refractivity contribution in [1.29, 1.82) is 0 Å². The Kier molecular flexibility index (Phi) is 3.08. The van der Waals surface area contributed by atoms with Gasteiger partial charge in [-0.15, -0.1) is 11.3 Å². The van der Waals surface area contributed by atoms with Gasteiger partial charge in [-0.3, -0.25) is 0 Å². The second-order valence-corrected chi connectivity index (χ2v) is 4.92. The van der Waals surface area contributed by atoms with E-state index in [0.29, 0.717) is 5.56 Å². The highest BCUT2D eigenvalue weighted by Crippen LogP contribution is 2.29. The molecule has 0 aliphatic rings. The molecule has 1 nitrogen and oxygen atoms in total. The summed E-state index contributed by atoms with van der Waals surface area (Å²) in [7, 11) is 0. The van der Waals surface area contributed by atoms with Crippen molar-refractivity contribution in [1.82, 2.24) is 0 Å². The van der Waals surface area contributed by atoms with E-state index in [1.807, 2.05) is 31.4 Å². The van der Waals surface area contributed by atoms with Crippen LogP contribution >= 0.6 is 11.3 Å². The molecule has 0 saturated heterocycles. The molecule has 0 spiro atoms. The molecule has 0 aliphatic heterocycles. The van der Waals surface area contributed by atoms with Crippen molar-refractivity contribution >= 4 is 11.3 Å². The first-order chi connectivity index (χ1) is 7.59. The fourth-order valence-corrected chi connectivity index (χ4v) is 2.67. The van der Waals surface area contributed by atoms with E-state index < -0.39 is 0 Å². The fourth-order valence-electron chi connectivity index (χ4n) is 1.73. The first-order valence-electron chi connectivity index (χ1n) is 5.15. The quantitative estimate of drug-likeness (QED) is 0.846. The van der Waals surface area contributed by atoms with Gasteiger partial charge in [0, 0.05) is 10.4 Å². The van der Waals surface area contributed by atoms with Crippen LogP contribution in [0.15, 0.2) is 29.6 Å². The van der Waals surface area contributed by atoms with Crippen LogP contribution in [0.25, 0.3) is 0 Å². The Bertz CT molecular complexity index is 504. The maximum absolute atomic E-state index is 13.7. The minimum Gasteiger partial charge on any atom is -0.320 e. The highest BCUT2D eigenvalue weighted by molar-refractivity contribution is 7.10. The molecule has 0 saturated carbocycles. The lowest BCUT2D eigenvalue weighted by atomic mass is 10.0. The summed E-state index contributed by atoms with van der Waals surface area (Å²) in [6.07, 6.45) is 0. The van der Waals surface area contributed by atoms with Crippen molar-refractivity contribution in [3.05, 3.63) is 57.0 Å². The maximum Gasteiger partial charge on any atom is 0.128 e. The van der Waals surface area contributed by atoms with Crippen LogP contribution in [0, 0.1) is 19.7 Å². The van der Waals surface area contributed by atoms with Crippen molar-refractivity contribution in [2.75, 3.05) is 0 Å². The molecule has 0 amide bonds. The molecule has 84 valence electrons.